The van der Waals surface area contributed by atoms with Crippen LogP contribution in [0.4, 0.5) is 13.2 Å². The lowest BCUT2D eigenvalue weighted by Crippen LogP contribution is -2.40. The number of nitrogens with zero attached hydrogens (tertiary/aromatic N) is 1. The lowest BCUT2D eigenvalue weighted by Gasteiger charge is -2.21. The smallest absolute Gasteiger partial charge is 0.416 e. The van der Waals surface area contributed by atoms with Gasteiger partial charge in [-0.25, -0.2) is 4.79 Å². The molecule has 0 aromatic heterocycles. The van der Waals surface area contributed by atoms with Crippen LogP contribution in [0.3, 0.4) is 0 Å². The van der Waals surface area contributed by atoms with Crippen LogP contribution in [0.2, 0.25) is 0 Å². The first-order chi connectivity index (χ1) is 10.3. The second-order valence-corrected chi connectivity index (χ2v) is 5.28. The van der Waals surface area contributed by atoms with Crippen molar-refractivity contribution in [2.24, 2.45) is 0 Å². The highest BCUT2D eigenvalue weighted by Crippen LogP contribution is 2.29. The summed E-state index contributed by atoms with van der Waals surface area (Å²) >= 11 is 0. The maximum Gasteiger partial charge on any atom is 0.416 e. The summed E-state index contributed by atoms with van der Waals surface area (Å²) in [6.07, 6.45) is -2.89. The van der Waals surface area contributed by atoms with Gasteiger partial charge in [0.2, 0.25) is 5.91 Å². The molecule has 22 heavy (non-hydrogen) atoms. The predicted octanol–water partition coefficient (Wildman–Crippen LogP) is 2.71. The summed E-state index contributed by atoms with van der Waals surface area (Å²) < 4.78 is 37.3. The minimum Gasteiger partial charge on any atom is -0.480 e. The van der Waals surface area contributed by atoms with E-state index < -0.39 is 23.8 Å². The number of halogens is 3. The van der Waals surface area contributed by atoms with Crippen LogP contribution in [-0.4, -0.2) is 34.5 Å². The Kier molecular flexibility index (Phi) is 4.73. The molecule has 1 fully saturated rings. The molecule has 7 heteroatoms. The van der Waals surface area contributed by atoms with Crippen molar-refractivity contribution in [3.8, 4) is 0 Å². The average Bonchev–Trinajstić information content (AvgIpc) is 2.94. The Labute approximate surface area is 125 Å². The molecule has 1 aromatic carbocycles. The first kappa shape index (κ1) is 16.3. The molecule has 0 saturated carbocycles. The van der Waals surface area contributed by atoms with Gasteiger partial charge >= 0.3 is 12.1 Å². The molecule has 1 atom stereocenters. The normalized spacial score (nSPS) is 18.5. The number of hydrogen-bond acceptors (Lipinski definition) is 2. The first-order valence-electron chi connectivity index (χ1n) is 6.97. The van der Waals surface area contributed by atoms with Crippen LogP contribution >= 0.6 is 0 Å². The van der Waals surface area contributed by atoms with Gasteiger partial charge in [0.1, 0.15) is 6.04 Å². The number of carbonyl (C=O) groups excluding carboxylic acids is 1. The second-order valence-electron chi connectivity index (χ2n) is 5.28. The maximum atomic E-state index is 12.4. The van der Waals surface area contributed by atoms with Crippen molar-refractivity contribution in [2.75, 3.05) is 6.54 Å². The molecular formula is C15H16F3NO3. The van der Waals surface area contributed by atoms with E-state index in [4.69, 9.17) is 5.11 Å². The Bertz CT molecular complexity index is 554. The first-order valence-corrected chi connectivity index (χ1v) is 6.97. The number of amides is 1. The highest BCUT2D eigenvalue weighted by atomic mass is 19.4. The molecule has 120 valence electrons. The summed E-state index contributed by atoms with van der Waals surface area (Å²) in [4.78, 5) is 24.4. The summed E-state index contributed by atoms with van der Waals surface area (Å²) in [6.45, 7) is 0.419. The monoisotopic (exact) mass is 315 g/mol. The fourth-order valence-corrected chi connectivity index (χ4v) is 2.58. The molecule has 1 saturated heterocycles. The number of carboxylic acids is 1. The van der Waals surface area contributed by atoms with Gasteiger partial charge in [-0.15, -0.1) is 0 Å². The van der Waals surface area contributed by atoms with Gasteiger partial charge in [0.25, 0.3) is 0 Å². The molecule has 0 bridgehead atoms. The zero-order valence-corrected chi connectivity index (χ0v) is 11.8. The number of aryl methyl sites for hydroxylation is 1. The molecule has 2 rings (SSSR count). The fraction of sp³-hybridized carbons (Fsp3) is 0.467. The van der Waals surface area contributed by atoms with Gasteiger partial charge in [0.05, 0.1) is 5.56 Å². The van der Waals surface area contributed by atoms with E-state index >= 15 is 0 Å². The molecule has 0 aliphatic carbocycles. The average molecular weight is 315 g/mol. The van der Waals surface area contributed by atoms with E-state index in [0.29, 0.717) is 31.4 Å². The number of aliphatic carboxylic acids is 1. The van der Waals surface area contributed by atoms with Gasteiger partial charge in [-0.3, -0.25) is 4.79 Å². The zero-order chi connectivity index (χ0) is 16.3. The van der Waals surface area contributed by atoms with Crippen LogP contribution in [0, 0.1) is 0 Å². The maximum absolute atomic E-state index is 12.4. The number of benzene rings is 1. The van der Waals surface area contributed by atoms with Crippen LogP contribution < -0.4 is 0 Å². The second kappa shape index (κ2) is 6.37. The lowest BCUT2D eigenvalue weighted by molar-refractivity contribution is -0.148. The lowest BCUT2D eigenvalue weighted by atomic mass is 10.1. The number of carbonyl (C=O) groups is 2. The molecule has 1 N–H and O–H groups in total. The number of alkyl halides is 3. The quantitative estimate of drug-likeness (QED) is 0.929. The predicted molar refractivity (Wildman–Crippen MR) is 72.1 cm³/mol. The van der Waals surface area contributed by atoms with E-state index in [1.165, 1.54) is 17.0 Å². The van der Waals surface area contributed by atoms with Crippen molar-refractivity contribution < 1.29 is 27.9 Å². The molecule has 0 spiro atoms. The van der Waals surface area contributed by atoms with Crippen molar-refractivity contribution in [3.63, 3.8) is 0 Å². The van der Waals surface area contributed by atoms with Crippen molar-refractivity contribution in [1.82, 2.24) is 4.90 Å². The van der Waals surface area contributed by atoms with Gasteiger partial charge in [-0.05, 0) is 37.0 Å². The van der Waals surface area contributed by atoms with Crippen LogP contribution in [0.15, 0.2) is 24.3 Å². The Hall–Kier alpha value is -2.05. The third-order valence-corrected chi connectivity index (χ3v) is 3.77. The van der Waals surface area contributed by atoms with E-state index in [0.717, 1.165) is 12.1 Å². The summed E-state index contributed by atoms with van der Waals surface area (Å²) in [6, 6.07) is 3.87. The van der Waals surface area contributed by atoms with E-state index in [9.17, 15) is 22.8 Å². The molecule has 1 aliphatic heterocycles. The summed E-state index contributed by atoms with van der Waals surface area (Å²) in [5, 5.41) is 9.02. The summed E-state index contributed by atoms with van der Waals surface area (Å²) in [5.41, 5.74) is -0.111. The van der Waals surface area contributed by atoms with Gasteiger partial charge in [-0.2, -0.15) is 13.2 Å². The van der Waals surface area contributed by atoms with Crippen molar-refractivity contribution in [2.45, 2.75) is 37.9 Å². The Morgan fingerprint density at radius 1 is 1.23 bits per heavy atom. The molecule has 1 heterocycles. The fourth-order valence-electron chi connectivity index (χ4n) is 2.58. The van der Waals surface area contributed by atoms with Crippen LogP contribution in [0.25, 0.3) is 0 Å². The molecular weight excluding hydrogens is 299 g/mol. The van der Waals surface area contributed by atoms with Gasteiger partial charge in [0, 0.05) is 13.0 Å². The number of hydrogen-bond donors (Lipinski definition) is 1. The molecule has 4 nitrogen and oxygen atoms in total. The standard InChI is InChI=1S/C15H16F3NO3/c16-15(17,18)11-6-3-10(4-7-11)5-8-13(20)19-9-1-2-12(19)14(21)22/h3-4,6-7,12H,1-2,5,8-9H2,(H,21,22). The van der Waals surface area contributed by atoms with Crippen molar-refractivity contribution >= 4 is 11.9 Å². The van der Waals surface area contributed by atoms with Crippen molar-refractivity contribution in [3.05, 3.63) is 35.4 Å². The van der Waals surface area contributed by atoms with Crippen LogP contribution in [0.5, 0.6) is 0 Å². The highest BCUT2D eigenvalue weighted by Gasteiger charge is 2.33. The number of likely N-dealkylation sites (tertiary alicyclic amines) is 1. The topological polar surface area (TPSA) is 57.6 Å². The van der Waals surface area contributed by atoms with Crippen LogP contribution in [0.1, 0.15) is 30.4 Å². The van der Waals surface area contributed by atoms with E-state index in [2.05, 4.69) is 0 Å². The molecule has 1 unspecified atom stereocenters. The minimum atomic E-state index is -4.38. The van der Waals surface area contributed by atoms with Gasteiger partial charge < -0.3 is 10.0 Å². The molecule has 1 aliphatic rings. The zero-order valence-electron chi connectivity index (χ0n) is 11.8. The van der Waals surface area contributed by atoms with Crippen LogP contribution in [-0.2, 0) is 22.2 Å². The molecule has 0 radical (unpaired) electrons. The van der Waals surface area contributed by atoms with E-state index in [-0.39, 0.29) is 12.3 Å². The Balaban J connectivity index is 1.92. The third-order valence-electron chi connectivity index (χ3n) is 3.77. The third kappa shape index (κ3) is 3.78. The highest BCUT2D eigenvalue weighted by molar-refractivity contribution is 5.84. The van der Waals surface area contributed by atoms with Gasteiger partial charge in [0.15, 0.2) is 0 Å². The van der Waals surface area contributed by atoms with E-state index in [1.54, 1.807) is 0 Å². The van der Waals surface area contributed by atoms with E-state index in [1.807, 2.05) is 0 Å². The largest absolute Gasteiger partial charge is 0.480 e. The minimum absolute atomic E-state index is 0.0924. The molecule has 1 aromatic rings. The number of carboxylic acid groups (broad SMARTS) is 1. The molecule has 1 amide bonds. The Morgan fingerprint density at radius 3 is 2.41 bits per heavy atom. The van der Waals surface area contributed by atoms with Crippen molar-refractivity contribution in [1.29, 1.82) is 0 Å². The summed E-state index contributed by atoms with van der Waals surface area (Å²) in [7, 11) is 0. The SMILES string of the molecule is O=C(O)C1CCCN1C(=O)CCc1ccc(C(F)(F)F)cc1. The Morgan fingerprint density at radius 2 is 1.86 bits per heavy atom. The number of rotatable bonds is 4. The van der Waals surface area contributed by atoms with Gasteiger partial charge in [-0.1, -0.05) is 12.1 Å². The summed E-state index contributed by atoms with van der Waals surface area (Å²) in [5.74, 6) is -1.29.